The van der Waals surface area contributed by atoms with Gasteiger partial charge in [0, 0.05) is 12.1 Å². The summed E-state index contributed by atoms with van der Waals surface area (Å²) in [5.41, 5.74) is 3.72. The van der Waals surface area contributed by atoms with Crippen LogP contribution in [-0.2, 0) is 0 Å². The van der Waals surface area contributed by atoms with Crippen LogP contribution in [-0.4, -0.2) is 34.0 Å². The number of amides is 1. The normalized spacial score (nSPS) is 11.9. The Morgan fingerprint density at radius 2 is 1.72 bits per heavy atom. The number of aryl methyl sites for hydroxylation is 2. The Labute approximate surface area is 212 Å². The summed E-state index contributed by atoms with van der Waals surface area (Å²) >= 11 is 0. The second kappa shape index (κ2) is 10.8. The largest absolute Gasteiger partial charge is 0.495 e. The first kappa shape index (κ1) is 25.2. The average molecular weight is 484 g/mol. The van der Waals surface area contributed by atoms with Gasteiger partial charge in [0.15, 0.2) is 0 Å². The van der Waals surface area contributed by atoms with Crippen molar-refractivity contribution >= 4 is 16.8 Å². The molecule has 0 bridgehead atoms. The molecule has 0 N–H and O–H groups in total. The van der Waals surface area contributed by atoms with Gasteiger partial charge in [0.05, 0.1) is 29.7 Å². The van der Waals surface area contributed by atoms with Gasteiger partial charge in [0.1, 0.15) is 11.6 Å². The van der Waals surface area contributed by atoms with Gasteiger partial charge in [-0.15, -0.1) is 0 Å². The van der Waals surface area contributed by atoms with Crippen LogP contribution < -0.4 is 10.3 Å². The molecular weight excluding hydrogens is 450 g/mol. The number of methoxy groups -OCH3 is 1. The standard InChI is InChI=1S/C30H33N3O3/c1-6-7-18-32(29(34)23-15-12-20(2)13-16-23)22(4)28-31-25-11-9-8-10-24(25)30(35)33(28)26-19-21(3)14-17-27(26)36-5/h8-17,19,22H,6-7,18H2,1-5H3. The second-order valence-corrected chi connectivity index (χ2v) is 9.20. The number of hydrogen-bond acceptors (Lipinski definition) is 4. The summed E-state index contributed by atoms with van der Waals surface area (Å²) < 4.78 is 7.25. The number of rotatable bonds is 8. The van der Waals surface area contributed by atoms with E-state index >= 15 is 0 Å². The monoisotopic (exact) mass is 483 g/mol. The minimum atomic E-state index is -0.465. The van der Waals surface area contributed by atoms with E-state index in [0.717, 1.165) is 24.0 Å². The number of hydrogen-bond donors (Lipinski definition) is 0. The van der Waals surface area contributed by atoms with Gasteiger partial charge >= 0.3 is 0 Å². The summed E-state index contributed by atoms with van der Waals surface area (Å²) in [4.78, 5) is 34.4. The highest BCUT2D eigenvalue weighted by molar-refractivity contribution is 5.94. The summed E-state index contributed by atoms with van der Waals surface area (Å²) in [5, 5.41) is 0.516. The van der Waals surface area contributed by atoms with Crippen molar-refractivity contribution in [2.75, 3.05) is 13.7 Å². The lowest BCUT2D eigenvalue weighted by molar-refractivity contribution is 0.0678. The highest BCUT2D eigenvalue weighted by Crippen LogP contribution is 2.29. The molecule has 1 amide bonds. The van der Waals surface area contributed by atoms with Crippen LogP contribution in [0.1, 0.15) is 60.0 Å². The van der Waals surface area contributed by atoms with E-state index in [-0.39, 0.29) is 11.5 Å². The molecule has 1 heterocycles. The van der Waals surface area contributed by atoms with E-state index < -0.39 is 6.04 Å². The van der Waals surface area contributed by atoms with E-state index in [2.05, 4.69) is 6.92 Å². The van der Waals surface area contributed by atoms with Crippen molar-refractivity contribution in [2.24, 2.45) is 0 Å². The summed E-state index contributed by atoms with van der Waals surface area (Å²) in [6.07, 6.45) is 1.78. The first-order chi connectivity index (χ1) is 17.3. The molecule has 0 spiro atoms. The zero-order valence-electron chi connectivity index (χ0n) is 21.6. The van der Waals surface area contributed by atoms with E-state index in [4.69, 9.17) is 9.72 Å². The summed E-state index contributed by atoms with van der Waals surface area (Å²) in [6.45, 7) is 8.56. The lowest BCUT2D eigenvalue weighted by Crippen LogP contribution is -2.38. The maximum Gasteiger partial charge on any atom is 0.266 e. The SMILES string of the molecule is CCCCN(C(=O)c1ccc(C)cc1)C(C)c1nc2ccccc2c(=O)n1-c1cc(C)ccc1OC. The molecule has 0 aliphatic heterocycles. The number of benzene rings is 3. The zero-order valence-corrected chi connectivity index (χ0v) is 21.6. The molecule has 4 aromatic rings. The van der Waals surface area contributed by atoms with Crippen LogP contribution in [0.25, 0.3) is 16.6 Å². The predicted molar refractivity (Wildman–Crippen MR) is 144 cm³/mol. The van der Waals surface area contributed by atoms with Crippen LogP contribution in [0.5, 0.6) is 5.75 Å². The molecule has 3 aromatic carbocycles. The third-order valence-electron chi connectivity index (χ3n) is 6.53. The highest BCUT2D eigenvalue weighted by Gasteiger charge is 2.28. The van der Waals surface area contributed by atoms with Crippen LogP contribution in [0.4, 0.5) is 0 Å². The van der Waals surface area contributed by atoms with E-state index in [1.54, 1.807) is 17.7 Å². The van der Waals surface area contributed by atoms with Gasteiger partial charge in [-0.25, -0.2) is 4.98 Å². The minimum absolute atomic E-state index is 0.0823. The number of unbranched alkanes of at least 4 members (excludes halogenated alkanes) is 1. The molecular formula is C30H33N3O3. The smallest absolute Gasteiger partial charge is 0.266 e. The van der Waals surface area contributed by atoms with Gasteiger partial charge in [0.2, 0.25) is 0 Å². The van der Waals surface area contributed by atoms with Crippen molar-refractivity contribution < 1.29 is 9.53 Å². The van der Waals surface area contributed by atoms with E-state index in [1.165, 1.54) is 0 Å². The van der Waals surface area contributed by atoms with Crippen LogP contribution >= 0.6 is 0 Å². The number of aromatic nitrogens is 2. The molecule has 0 fully saturated rings. The first-order valence-corrected chi connectivity index (χ1v) is 12.4. The van der Waals surface area contributed by atoms with Gasteiger partial charge in [-0.1, -0.05) is 49.2 Å². The average Bonchev–Trinajstić information content (AvgIpc) is 2.89. The molecule has 1 aromatic heterocycles. The molecule has 6 heteroatoms. The molecule has 0 aliphatic rings. The third kappa shape index (κ3) is 4.89. The lowest BCUT2D eigenvalue weighted by Gasteiger charge is -2.31. The van der Waals surface area contributed by atoms with E-state index in [9.17, 15) is 9.59 Å². The van der Waals surface area contributed by atoms with Gasteiger partial charge < -0.3 is 9.64 Å². The number of nitrogens with zero attached hydrogens (tertiary/aromatic N) is 3. The predicted octanol–water partition coefficient (Wildman–Crippen LogP) is 6.01. The maximum atomic E-state index is 13.9. The molecule has 1 unspecified atom stereocenters. The number of fused-ring (bicyclic) bond motifs is 1. The summed E-state index contributed by atoms with van der Waals surface area (Å²) in [5.74, 6) is 0.985. The van der Waals surface area contributed by atoms with Crippen LogP contribution in [0.3, 0.4) is 0 Å². The number of carbonyl (C=O) groups excluding carboxylic acids is 1. The van der Waals surface area contributed by atoms with Gasteiger partial charge in [0.25, 0.3) is 11.5 Å². The minimum Gasteiger partial charge on any atom is -0.495 e. The van der Waals surface area contributed by atoms with Gasteiger partial charge in [-0.2, -0.15) is 0 Å². The second-order valence-electron chi connectivity index (χ2n) is 9.20. The molecule has 0 saturated heterocycles. The number of carbonyl (C=O) groups is 1. The van der Waals surface area contributed by atoms with Gasteiger partial charge in [-0.05, 0) is 69.2 Å². The lowest BCUT2D eigenvalue weighted by atomic mass is 10.1. The van der Waals surface area contributed by atoms with Crippen molar-refractivity contribution in [3.63, 3.8) is 0 Å². The number of ether oxygens (including phenoxy) is 1. The molecule has 0 aliphatic carbocycles. The maximum absolute atomic E-state index is 13.9. The van der Waals surface area contributed by atoms with Crippen molar-refractivity contribution in [2.45, 2.75) is 46.6 Å². The topological polar surface area (TPSA) is 64.4 Å². The van der Waals surface area contributed by atoms with Crippen molar-refractivity contribution in [1.82, 2.24) is 14.5 Å². The van der Waals surface area contributed by atoms with Crippen molar-refractivity contribution in [3.8, 4) is 11.4 Å². The molecule has 1 atom stereocenters. The zero-order chi connectivity index (χ0) is 25.8. The summed E-state index contributed by atoms with van der Waals surface area (Å²) in [7, 11) is 1.59. The van der Waals surface area contributed by atoms with Crippen LogP contribution in [0.2, 0.25) is 0 Å². The quantitative estimate of drug-likeness (QED) is 0.308. The molecule has 0 saturated carbocycles. The van der Waals surface area contributed by atoms with Crippen LogP contribution in [0, 0.1) is 13.8 Å². The molecule has 6 nitrogen and oxygen atoms in total. The Kier molecular flexibility index (Phi) is 7.53. The van der Waals surface area contributed by atoms with Crippen molar-refractivity contribution in [1.29, 1.82) is 0 Å². The van der Waals surface area contributed by atoms with Crippen LogP contribution in [0.15, 0.2) is 71.5 Å². The van der Waals surface area contributed by atoms with Gasteiger partial charge in [-0.3, -0.25) is 14.2 Å². The highest BCUT2D eigenvalue weighted by atomic mass is 16.5. The Bertz CT molecular complexity index is 1440. The fourth-order valence-corrected chi connectivity index (χ4v) is 4.44. The first-order valence-electron chi connectivity index (χ1n) is 12.4. The Balaban J connectivity index is 1.95. The molecule has 186 valence electrons. The molecule has 0 radical (unpaired) electrons. The molecule has 4 rings (SSSR count). The van der Waals surface area contributed by atoms with Crippen molar-refractivity contribution in [3.05, 3.63) is 99.6 Å². The van der Waals surface area contributed by atoms with E-state index in [0.29, 0.717) is 40.3 Å². The third-order valence-corrected chi connectivity index (χ3v) is 6.53. The summed E-state index contributed by atoms with van der Waals surface area (Å²) in [6, 6.07) is 20.2. The fourth-order valence-electron chi connectivity index (χ4n) is 4.44. The van der Waals surface area contributed by atoms with E-state index in [1.807, 2.05) is 86.3 Å². The Morgan fingerprint density at radius 3 is 2.42 bits per heavy atom. The Hall–Kier alpha value is -3.93. The Morgan fingerprint density at radius 1 is 1.03 bits per heavy atom. The fraction of sp³-hybridized carbons (Fsp3) is 0.300. The number of para-hydroxylation sites is 1. The molecule has 36 heavy (non-hydrogen) atoms.